The summed E-state index contributed by atoms with van der Waals surface area (Å²) in [5.41, 5.74) is 6.18. The van der Waals surface area contributed by atoms with E-state index in [0.717, 1.165) is 0 Å². The van der Waals surface area contributed by atoms with E-state index in [-0.39, 0.29) is 0 Å². The lowest BCUT2D eigenvalue weighted by molar-refractivity contribution is 0.164. The van der Waals surface area contributed by atoms with Crippen molar-refractivity contribution in [3.8, 4) is 5.75 Å². The maximum atomic E-state index is 13.0. The highest BCUT2D eigenvalue weighted by Crippen LogP contribution is 2.21. The first-order valence-corrected chi connectivity index (χ1v) is 4.32. The van der Waals surface area contributed by atoms with Crippen molar-refractivity contribution >= 4 is 0 Å². The zero-order chi connectivity index (χ0) is 10.7. The summed E-state index contributed by atoms with van der Waals surface area (Å²) in [5.74, 6) is -0.0217. The number of benzene rings is 1. The van der Waals surface area contributed by atoms with Crippen LogP contribution in [-0.2, 0) is 0 Å². The molecule has 0 spiro atoms. The number of halogens is 1. The molecule has 78 valence electrons. The number of rotatable bonds is 3. The number of aliphatic hydroxyl groups is 1. The van der Waals surface area contributed by atoms with E-state index in [1.54, 1.807) is 13.0 Å². The van der Waals surface area contributed by atoms with Gasteiger partial charge in [0.2, 0.25) is 0 Å². The predicted octanol–water partition coefficient (Wildman–Crippen LogP) is 1.21. The van der Waals surface area contributed by atoms with Crippen LogP contribution in [0.25, 0.3) is 0 Å². The molecule has 0 fully saturated rings. The second-order valence-electron chi connectivity index (χ2n) is 3.19. The molecule has 1 rings (SSSR count). The Kier molecular flexibility index (Phi) is 3.43. The predicted molar refractivity (Wildman–Crippen MR) is 51.6 cm³/mol. The largest absolute Gasteiger partial charge is 0.497 e. The fourth-order valence-corrected chi connectivity index (χ4v) is 1.17. The van der Waals surface area contributed by atoms with Crippen molar-refractivity contribution in [2.75, 3.05) is 7.11 Å². The van der Waals surface area contributed by atoms with Gasteiger partial charge in [0.05, 0.1) is 19.3 Å². The number of aliphatic hydroxyl groups excluding tert-OH is 1. The van der Waals surface area contributed by atoms with Gasteiger partial charge in [-0.2, -0.15) is 0 Å². The highest BCUT2D eigenvalue weighted by Gasteiger charge is 2.13. The molecule has 3 nitrogen and oxygen atoms in total. The summed E-state index contributed by atoms with van der Waals surface area (Å²) in [6, 6.07) is 3.57. The molecule has 14 heavy (non-hydrogen) atoms. The molecule has 4 heteroatoms. The topological polar surface area (TPSA) is 55.5 Å². The first kappa shape index (κ1) is 10.9. The number of methoxy groups -OCH3 is 1. The van der Waals surface area contributed by atoms with Crippen molar-refractivity contribution in [2.24, 2.45) is 5.73 Å². The maximum Gasteiger partial charge on any atom is 0.127 e. The Balaban J connectivity index is 3.02. The van der Waals surface area contributed by atoms with E-state index >= 15 is 0 Å². The van der Waals surface area contributed by atoms with Crippen LogP contribution < -0.4 is 10.5 Å². The van der Waals surface area contributed by atoms with Crippen LogP contribution in [-0.4, -0.2) is 18.3 Å². The first-order chi connectivity index (χ1) is 6.54. The third-order valence-electron chi connectivity index (χ3n) is 2.03. The summed E-state index contributed by atoms with van der Waals surface area (Å²) < 4.78 is 17.9. The molecule has 0 unspecified atom stereocenters. The van der Waals surface area contributed by atoms with Crippen LogP contribution in [0.1, 0.15) is 18.5 Å². The van der Waals surface area contributed by atoms with Crippen molar-refractivity contribution in [3.63, 3.8) is 0 Å². The molecular formula is C10H14FNO2. The monoisotopic (exact) mass is 199 g/mol. The van der Waals surface area contributed by atoms with Crippen LogP contribution in [0.3, 0.4) is 0 Å². The van der Waals surface area contributed by atoms with Crippen molar-refractivity contribution in [3.05, 3.63) is 29.6 Å². The lowest BCUT2D eigenvalue weighted by atomic mass is 10.0. The van der Waals surface area contributed by atoms with Gasteiger partial charge in [0.25, 0.3) is 0 Å². The summed E-state index contributed by atoms with van der Waals surface area (Å²) in [6.45, 7) is 1.56. The number of nitrogens with two attached hydrogens (primary N) is 1. The van der Waals surface area contributed by atoms with Gasteiger partial charge in [0.15, 0.2) is 0 Å². The molecule has 0 saturated carbocycles. The second kappa shape index (κ2) is 4.39. The van der Waals surface area contributed by atoms with Crippen molar-refractivity contribution < 1.29 is 14.2 Å². The zero-order valence-electron chi connectivity index (χ0n) is 8.20. The molecular weight excluding hydrogens is 185 g/mol. The molecule has 0 bridgehead atoms. The SMILES string of the molecule is COc1cc(F)cc([C@H](N)[C@H](C)O)c1. The molecule has 2 atom stereocenters. The number of ether oxygens (including phenoxy) is 1. The molecule has 0 saturated heterocycles. The third-order valence-corrected chi connectivity index (χ3v) is 2.03. The van der Waals surface area contributed by atoms with E-state index in [4.69, 9.17) is 10.5 Å². The van der Waals surface area contributed by atoms with Crippen molar-refractivity contribution in [2.45, 2.75) is 19.1 Å². The second-order valence-corrected chi connectivity index (χ2v) is 3.19. The molecule has 1 aromatic carbocycles. The minimum absolute atomic E-state index is 0.399. The molecule has 0 aliphatic rings. The Morgan fingerprint density at radius 1 is 1.43 bits per heavy atom. The Morgan fingerprint density at radius 2 is 2.07 bits per heavy atom. The lowest BCUT2D eigenvalue weighted by Gasteiger charge is -2.15. The number of hydrogen-bond acceptors (Lipinski definition) is 3. The third kappa shape index (κ3) is 2.43. The normalized spacial score (nSPS) is 14.9. The van der Waals surface area contributed by atoms with Gasteiger partial charge in [0.1, 0.15) is 11.6 Å². The Bertz CT molecular complexity index is 315. The molecule has 0 aliphatic heterocycles. The van der Waals surface area contributed by atoms with Gasteiger partial charge in [-0.1, -0.05) is 0 Å². The van der Waals surface area contributed by atoms with E-state index in [2.05, 4.69) is 0 Å². The molecule has 0 radical (unpaired) electrons. The average Bonchev–Trinajstić information content (AvgIpc) is 2.15. The van der Waals surface area contributed by atoms with E-state index in [9.17, 15) is 9.50 Å². The van der Waals surface area contributed by atoms with Crippen molar-refractivity contribution in [1.29, 1.82) is 0 Å². The smallest absolute Gasteiger partial charge is 0.127 e. The van der Waals surface area contributed by atoms with E-state index in [1.165, 1.54) is 19.2 Å². The summed E-state index contributed by atoms with van der Waals surface area (Å²) in [4.78, 5) is 0. The van der Waals surface area contributed by atoms with Crippen LogP contribution in [0.2, 0.25) is 0 Å². The summed E-state index contributed by atoms with van der Waals surface area (Å²) >= 11 is 0. The van der Waals surface area contributed by atoms with E-state index in [0.29, 0.717) is 11.3 Å². The van der Waals surface area contributed by atoms with Crippen LogP contribution in [0.15, 0.2) is 18.2 Å². The Hall–Kier alpha value is -1.13. The fraction of sp³-hybridized carbons (Fsp3) is 0.400. The fourth-order valence-electron chi connectivity index (χ4n) is 1.17. The standard InChI is InChI=1S/C10H14FNO2/c1-6(13)10(12)7-3-8(11)5-9(4-7)14-2/h3-6,10,13H,12H2,1-2H3/t6-,10+/m0/s1. The maximum absolute atomic E-state index is 13.0. The molecule has 1 aromatic rings. The molecule has 0 aromatic heterocycles. The van der Waals surface area contributed by atoms with E-state index in [1.807, 2.05) is 0 Å². The van der Waals surface area contributed by atoms with Gasteiger partial charge in [-0.15, -0.1) is 0 Å². The minimum atomic E-state index is -0.721. The quantitative estimate of drug-likeness (QED) is 0.769. The first-order valence-electron chi connectivity index (χ1n) is 4.32. The molecule has 0 aliphatic carbocycles. The van der Waals surface area contributed by atoms with Gasteiger partial charge < -0.3 is 15.6 Å². The summed E-state index contributed by atoms with van der Waals surface area (Å²) in [7, 11) is 1.45. The van der Waals surface area contributed by atoms with Crippen molar-refractivity contribution in [1.82, 2.24) is 0 Å². The highest BCUT2D eigenvalue weighted by molar-refractivity contribution is 5.31. The van der Waals surface area contributed by atoms with Crippen LogP contribution in [0.4, 0.5) is 4.39 Å². The van der Waals surface area contributed by atoms with Crippen LogP contribution in [0.5, 0.6) is 5.75 Å². The number of hydrogen-bond donors (Lipinski definition) is 2. The van der Waals surface area contributed by atoms with Gasteiger partial charge in [-0.3, -0.25) is 0 Å². The molecule has 0 heterocycles. The Labute approximate surface area is 82.3 Å². The van der Waals surface area contributed by atoms with Gasteiger partial charge in [0, 0.05) is 6.07 Å². The Morgan fingerprint density at radius 3 is 2.57 bits per heavy atom. The van der Waals surface area contributed by atoms with Gasteiger partial charge in [-0.25, -0.2) is 4.39 Å². The molecule has 3 N–H and O–H groups in total. The average molecular weight is 199 g/mol. The van der Waals surface area contributed by atoms with E-state index < -0.39 is 18.0 Å². The minimum Gasteiger partial charge on any atom is -0.497 e. The summed E-state index contributed by atoms with van der Waals surface area (Å²) in [5, 5.41) is 9.24. The summed E-state index contributed by atoms with van der Waals surface area (Å²) in [6.07, 6.45) is -0.721. The van der Waals surface area contributed by atoms with Crippen LogP contribution >= 0.6 is 0 Å². The lowest BCUT2D eigenvalue weighted by Crippen LogP contribution is -2.23. The van der Waals surface area contributed by atoms with Crippen LogP contribution in [0, 0.1) is 5.82 Å². The molecule has 0 amide bonds. The van der Waals surface area contributed by atoms with Gasteiger partial charge >= 0.3 is 0 Å². The zero-order valence-corrected chi connectivity index (χ0v) is 8.20. The van der Waals surface area contributed by atoms with Gasteiger partial charge in [-0.05, 0) is 24.6 Å². The highest BCUT2D eigenvalue weighted by atomic mass is 19.1.